The molecule has 40 heavy (non-hydrogen) atoms. The second-order valence-electron chi connectivity index (χ2n) is 12.7. The Morgan fingerprint density at radius 3 is 2.17 bits per heavy atom. The number of hydrazine groups is 1. The smallest absolute Gasteiger partial charge is 0.429 e. The summed E-state index contributed by atoms with van der Waals surface area (Å²) in [6, 6.07) is 4.22. The van der Waals surface area contributed by atoms with E-state index in [4.69, 9.17) is 9.47 Å². The van der Waals surface area contributed by atoms with Crippen LogP contribution in [0.25, 0.3) is 0 Å². The van der Waals surface area contributed by atoms with E-state index in [2.05, 4.69) is 16.0 Å². The average molecular weight is 562 g/mol. The molecular formula is C28H43N5O7. The molecule has 4 amide bonds. The predicted molar refractivity (Wildman–Crippen MR) is 148 cm³/mol. The number of ether oxygens (including phenoxy) is 2. The fraction of sp³-hybridized carbons (Fsp3) is 0.643. The molecule has 1 aromatic carbocycles. The first-order valence-corrected chi connectivity index (χ1v) is 13.6. The molecule has 3 rings (SSSR count). The van der Waals surface area contributed by atoms with E-state index < -0.39 is 53.4 Å². The molecule has 2 saturated heterocycles. The van der Waals surface area contributed by atoms with Crippen molar-refractivity contribution >= 4 is 29.7 Å². The number of aliphatic hydroxyl groups is 1. The number of amides is 4. The summed E-state index contributed by atoms with van der Waals surface area (Å²) in [4.78, 5) is 52.3. The van der Waals surface area contributed by atoms with E-state index in [1.165, 1.54) is 22.2 Å². The van der Waals surface area contributed by atoms with Crippen molar-refractivity contribution < 1.29 is 33.8 Å². The van der Waals surface area contributed by atoms with Crippen molar-refractivity contribution in [3.63, 3.8) is 0 Å². The number of hydrogen-bond donors (Lipinski definition) is 4. The van der Waals surface area contributed by atoms with Crippen LogP contribution in [0.4, 0.5) is 15.3 Å². The van der Waals surface area contributed by atoms with Crippen LogP contribution in [0, 0.1) is 5.92 Å². The van der Waals surface area contributed by atoms with Gasteiger partial charge < -0.3 is 25.2 Å². The van der Waals surface area contributed by atoms with Gasteiger partial charge in [0.25, 0.3) is 11.8 Å². The molecule has 2 heterocycles. The van der Waals surface area contributed by atoms with Crippen molar-refractivity contribution in [2.24, 2.45) is 5.92 Å². The monoisotopic (exact) mass is 561 g/mol. The van der Waals surface area contributed by atoms with E-state index in [0.29, 0.717) is 12.1 Å². The van der Waals surface area contributed by atoms with Gasteiger partial charge in [-0.3, -0.25) is 14.9 Å². The number of carbonyl (C=O) groups is 4. The van der Waals surface area contributed by atoms with Crippen LogP contribution in [-0.2, 0) is 14.3 Å². The average Bonchev–Trinajstić information content (AvgIpc) is 3.35. The van der Waals surface area contributed by atoms with Gasteiger partial charge in [-0.1, -0.05) is 13.8 Å². The molecule has 4 atom stereocenters. The van der Waals surface area contributed by atoms with Gasteiger partial charge in [-0.15, -0.1) is 0 Å². The Hall–Kier alpha value is -3.38. The summed E-state index contributed by atoms with van der Waals surface area (Å²) in [5.74, 6) is -0.964. The molecule has 4 N–H and O–H groups in total. The molecule has 12 nitrogen and oxygen atoms in total. The predicted octanol–water partition coefficient (Wildman–Crippen LogP) is 2.87. The number of rotatable bonds is 6. The minimum absolute atomic E-state index is 0.0367. The van der Waals surface area contributed by atoms with E-state index in [1.807, 2.05) is 13.8 Å². The summed E-state index contributed by atoms with van der Waals surface area (Å²) in [6.45, 7) is 14.8. The van der Waals surface area contributed by atoms with Crippen molar-refractivity contribution in [1.82, 2.24) is 20.7 Å². The van der Waals surface area contributed by atoms with Crippen LogP contribution in [0.15, 0.2) is 24.3 Å². The third-order valence-corrected chi connectivity index (χ3v) is 6.24. The lowest BCUT2D eigenvalue weighted by Gasteiger charge is -2.36. The number of nitrogens with zero attached hydrogens (tertiary/aromatic N) is 2. The van der Waals surface area contributed by atoms with E-state index in [9.17, 15) is 24.3 Å². The second kappa shape index (κ2) is 12.0. The largest absolute Gasteiger partial charge is 0.444 e. The summed E-state index contributed by atoms with van der Waals surface area (Å²) >= 11 is 0. The van der Waals surface area contributed by atoms with Crippen LogP contribution >= 0.6 is 0 Å². The van der Waals surface area contributed by atoms with Gasteiger partial charge in [-0.25, -0.2) is 19.6 Å². The fourth-order valence-corrected chi connectivity index (χ4v) is 4.69. The third kappa shape index (κ3) is 8.07. The topological polar surface area (TPSA) is 150 Å². The third-order valence-electron chi connectivity index (χ3n) is 6.24. The fourth-order valence-electron chi connectivity index (χ4n) is 4.69. The number of β-amino-alcohol motifs (C(OH)–C–C–N with tert-alkyl or cyclic N) is 1. The maximum Gasteiger partial charge on any atom is 0.429 e. The molecular weight excluding hydrogens is 518 g/mol. The van der Waals surface area contributed by atoms with Crippen molar-refractivity contribution in [3.05, 3.63) is 29.8 Å². The maximum absolute atomic E-state index is 14.0. The normalized spacial score (nSPS) is 21.6. The molecule has 0 spiro atoms. The Labute approximate surface area is 235 Å². The molecule has 12 heteroatoms. The summed E-state index contributed by atoms with van der Waals surface area (Å²) in [5.41, 5.74) is -0.714. The molecule has 222 valence electrons. The maximum atomic E-state index is 14.0. The van der Waals surface area contributed by atoms with E-state index in [1.54, 1.807) is 53.7 Å². The standard InChI is InChI=1S/C28H43N5O7/c1-16(2)13-19(31-23(35)17-9-11-18(12-10-17)30-25(37)39-27(3,4)5)24(36)33-22-20(29-14-21(22)34)15-32(33)26(38)40-28(6,7)8/h9-12,16,19-22,29,34H,13-15H2,1-8H3,(H,30,37)(H,31,35)/t19-,20+,21-,22-/m0/s1. The number of aliphatic hydroxyl groups excluding tert-OH is 1. The Morgan fingerprint density at radius 1 is 1.02 bits per heavy atom. The van der Waals surface area contributed by atoms with Gasteiger partial charge in [0.2, 0.25) is 0 Å². The van der Waals surface area contributed by atoms with Gasteiger partial charge >= 0.3 is 12.2 Å². The van der Waals surface area contributed by atoms with Crippen molar-refractivity contribution in [2.75, 3.05) is 18.4 Å². The van der Waals surface area contributed by atoms with E-state index >= 15 is 0 Å². The Morgan fingerprint density at radius 2 is 1.62 bits per heavy atom. The number of fused-ring (bicyclic) bond motifs is 1. The Bertz CT molecular complexity index is 1090. The van der Waals surface area contributed by atoms with Crippen LogP contribution in [0.3, 0.4) is 0 Å². The van der Waals surface area contributed by atoms with Crippen LogP contribution in [0.1, 0.15) is 72.2 Å². The molecule has 2 aliphatic heterocycles. The van der Waals surface area contributed by atoms with Crippen LogP contribution in [-0.4, -0.2) is 87.6 Å². The highest BCUT2D eigenvalue weighted by molar-refractivity contribution is 5.98. The zero-order valence-electron chi connectivity index (χ0n) is 24.6. The number of nitrogens with one attached hydrogen (secondary N) is 3. The zero-order chi connectivity index (χ0) is 30.0. The lowest BCUT2D eigenvalue weighted by atomic mass is 10.0. The highest BCUT2D eigenvalue weighted by atomic mass is 16.6. The van der Waals surface area contributed by atoms with E-state index in [0.717, 1.165) is 0 Å². The molecule has 1 aromatic rings. The first kappa shape index (κ1) is 31.2. The first-order chi connectivity index (χ1) is 18.4. The van der Waals surface area contributed by atoms with Gasteiger partial charge in [0.15, 0.2) is 0 Å². The van der Waals surface area contributed by atoms with Crippen LogP contribution in [0.2, 0.25) is 0 Å². The number of hydrogen-bond acceptors (Lipinski definition) is 8. The van der Waals surface area contributed by atoms with Crippen LogP contribution < -0.4 is 16.0 Å². The van der Waals surface area contributed by atoms with Gasteiger partial charge in [-0.2, -0.15) is 0 Å². The molecule has 2 aliphatic rings. The highest BCUT2D eigenvalue weighted by Gasteiger charge is 2.53. The second-order valence-corrected chi connectivity index (χ2v) is 12.7. The summed E-state index contributed by atoms with van der Waals surface area (Å²) < 4.78 is 10.8. The molecule has 0 radical (unpaired) electrons. The van der Waals surface area contributed by atoms with Gasteiger partial charge in [0, 0.05) is 17.8 Å². The molecule has 2 fully saturated rings. The van der Waals surface area contributed by atoms with Gasteiger partial charge in [0.05, 0.1) is 24.7 Å². The lowest BCUT2D eigenvalue weighted by molar-refractivity contribution is -0.152. The minimum Gasteiger partial charge on any atom is -0.444 e. The first-order valence-electron chi connectivity index (χ1n) is 13.6. The summed E-state index contributed by atoms with van der Waals surface area (Å²) in [5, 5.41) is 21.7. The van der Waals surface area contributed by atoms with Gasteiger partial charge in [-0.05, 0) is 78.1 Å². The molecule has 0 unspecified atom stereocenters. The molecule has 0 aliphatic carbocycles. The van der Waals surface area contributed by atoms with E-state index in [-0.39, 0.29) is 30.6 Å². The molecule has 0 bridgehead atoms. The Kier molecular flexibility index (Phi) is 9.35. The van der Waals surface area contributed by atoms with Gasteiger partial charge in [0.1, 0.15) is 17.2 Å². The highest BCUT2D eigenvalue weighted by Crippen LogP contribution is 2.29. The summed E-state index contributed by atoms with van der Waals surface area (Å²) in [7, 11) is 0. The van der Waals surface area contributed by atoms with Crippen LogP contribution in [0.5, 0.6) is 0 Å². The zero-order valence-corrected chi connectivity index (χ0v) is 24.6. The van der Waals surface area contributed by atoms with Crippen molar-refractivity contribution in [2.45, 2.75) is 97.2 Å². The molecule has 0 saturated carbocycles. The SMILES string of the molecule is CC(C)C[C@H](NC(=O)c1ccc(NC(=O)OC(C)(C)C)cc1)C(=O)N1[C@@H]2[C@@H](O)CN[C@@H]2CN1C(=O)OC(C)(C)C. The van der Waals surface area contributed by atoms with Crippen molar-refractivity contribution in [1.29, 1.82) is 0 Å². The van der Waals surface area contributed by atoms with Crippen molar-refractivity contribution in [3.8, 4) is 0 Å². The molecule has 0 aromatic heterocycles. The quantitative estimate of drug-likeness (QED) is 0.414. The number of carbonyl (C=O) groups excluding carboxylic acids is 4. The lowest BCUT2D eigenvalue weighted by Crippen LogP contribution is -2.58. The number of anilines is 1. The minimum atomic E-state index is -0.969. The summed E-state index contributed by atoms with van der Waals surface area (Å²) in [6.07, 6.45) is -1.90. The number of benzene rings is 1. The Balaban J connectivity index is 1.78.